The van der Waals surface area contributed by atoms with Crippen molar-refractivity contribution in [3.8, 4) is 5.75 Å². The van der Waals surface area contributed by atoms with Crippen LogP contribution in [0.3, 0.4) is 0 Å². The molecule has 1 aromatic carbocycles. The lowest BCUT2D eigenvalue weighted by Crippen LogP contribution is -2.40. The van der Waals surface area contributed by atoms with Gasteiger partial charge in [-0.15, -0.1) is 0 Å². The van der Waals surface area contributed by atoms with Gasteiger partial charge in [0.15, 0.2) is 5.96 Å². The number of guanidine groups is 1. The lowest BCUT2D eigenvalue weighted by molar-refractivity contribution is 0.153. The minimum absolute atomic E-state index is 0.0410. The molecule has 142 valence electrons. The van der Waals surface area contributed by atoms with Crippen LogP contribution >= 0.6 is 0 Å². The molecule has 1 aromatic rings. The van der Waals surface area contributed by atoms with E-state index in [2.05, 4.69) is 10.3 Å². The number of nitrogens with zero attached hydrogens (tertiary/aromatic N) is 2. The second-order valence-corrected chi connectivity index (χ2v) is 7.91. The van der Waals surface area contributed by atoms with Gasteiger partial charge in [0.1, 0.15) is 15.6 Å². The standard InChI is InChI=1S/C17H29N3O4S/c1-5-24-16-8-6-15(7-9-16)14-20(3)17(18-2)19-10-11-23-12-13-25(4,21)22/h6-9H,5,10-14H2,1-4H3,(H,18,19). The molecule has 0 spiro atoms. The number of sulfone groups is 1. The highest BCUT2D eigenvalue weighted by Gasteiger charge is 2.07. The predicted octanol–water partition coefficient (Wildman–Crippen LogP) is 1.15. The summed E-state index contributed by atoms with van der Waals surface area (Å²) in [5.74, 6) is 1.66. The summed E-state index contributed by atoms with van der Waals surface area (Å²) in [5, 5.41) is 3.20. The molecule has 0 aromatic heterocycles. The zero-order valence-corrected chi connectivity index (χ0v) is 16.3. The molecular weight excluding hydrogens is 342 g/mol. The Morgan fingerprint density at radius 2 is 1.92 bits per heavy atom. The maximum atomic E-state index is 11.0. The SMILES string of the molecule is CCOc1ccc(CN(C)C(=NC)NCCOCCS(C)(=O)=O)cc1. The summed E-state index contributed by atoms with van der Waals surface area (Å²) in [6, 6.07) is 7.98. The van der Waals surface area contributed by atoms with Crippen molar-refractivity contribution in [2.24, 2.45) is 4.99 Å². The van der Waals surface area contributed by atoms with Crippen LogP contribution in [0.1, 0.15) is 12.5 Å². The van der Waals surface area contributed by atoms with Crippen molar-refractivity contribution in [3.05, 3.63) is 29.8 Å². The van der Waals surface area contributed by atoms with Gasteiger partial charge in [0.2, 0.25) is 0 Å². The Labute approximate surface area is 151 Å². The lowest BCUT2D eigenvalue weighted by Gasteiger charge is -2.22. The summed E-state index contributed by atoms with van der Waals surface area (Å²) >= 11 is 0. The predicted molar refractivity (Wildman–Crippen MR) is 101 cm³/mol. The van der Waals surface area contributed by atoms with Crippen LogP contribution in [-0.4, -0.2) is 71.7 Å². The quantitative estimate of drug-likeness (QED) is 0.378. The van der Waals surface area contributed by atoms with Crippen molar-refractivity contribution >= 4 is 15.8 Å². The number of aliphatic imine (C=N–C) groups is 1. The van der Waals surface area contributed by atoms with Crippen LogP contribution in [0.25, 0.3) is 0 Å². The first kappa shape index (κ1) is 21.2. The van der Waals surface area contributed by atoms with E-state index in [0.29, 0.717) is 26.3 Å². The Morgan fingerprint density at radius 1 is 1.24 bits per heavy atom. The largest absolute Gasteiger partial charge is 0.494 e. The zero-order valence-electron chi connectivity index (χ0n) is 15.5. The molecule has 0 aliphatic carbocycles. The average molecular weight is 372 g/mol. The van der Waals surface area contributed by atoms with E-state index < -0.39 is 9.84 Å². The third-order valence-electron chi connectivity index (χ3n) is 3.36. The molecule has 0 fully saturated rings. The van der Waals surface area contributed by atoms with Gasteiger partial charge < -0.3 is 19.7 Å². The fourth-order valence-electron chi connectivity index (χ4n) is 2.14. The van der Waals surface area contributed by atoms with E-state index in [1.807, 2.05) is 43.1 Å². The average Bonchev–Trinajstić information content (AvgIpc) is 2.55. The van der Waals surface area contributed by atoms with Crippen molar-refractivity contribution < 1.29 is 17.9 Å². The minimum atomic E-state index is -2.97. The van der Waals surface area contributed by atoms with Gasteiger partial charge in [0.05, 0.1) is 25.6 Å². The number of nitrogens with one attached hydrogen (secondary N) is 1. The van der Waals surface area contributed by atoms with E-state index in [-0.39, 0.29) is 12.4 Å². The van der Waals surface area contributed by atoms with Crippen LogP contribution < -0.4 is 10.1 Å². The minimum Gasteiger partial charge on any atom is -0.494 e. The number of hydrogen-bond donors (Lipinski definition) is 1. The maximum absolute atomic E-state index is 11.0. The summed E-state index contributed by atoms with van der Waals surface area (Å²) in [7, 11) is 0.705. The molecule has 0 bridgehead atoms. The number of benzene rings is 1. The Hall–Kier alpha value is -1.80. The smallest absolute Gasteiger partial charge is 0.193 e. The molecule has 7 nitrogen and oxygen atoms in total. The van der Waals surface area contributed by atoms with Crippen LogP contribution in [0.2, 0.25) is 0 Å². The molecule has 0 atom stereocenters. The molecule has 0 amide bonds. The molecule has 25 heavy (non-hydrogen) atoms. The van der Waals surface area contributed by atoms with Gasteiger partial charge in [-0.25, -0.2) is 8.42 Å². The van der Waals surface area contributed by atoms with Crippen LogP contribution in [0.15, 0.2) is 29.3 Å². The van der Waals surface area contributed by atoms with E-state index in [9.17, 15) is 8.42 Å². The highest BCUT2D eigenvalue weighted by atomic mass is 32.2. The highest BCUT2D eigenvalue weighted by molar-refractivity contribution is 7.90. The summed E-state index contributed by atoms with van der Waals surface area (Å²) in [4.78, 5) is 6.25. The highest BCUT2D eigenvalue weighted by Crippen LogP contribution is 2.13. The molecule has 8 heteroatoms. The molecule has 0 saturated carbocycles. The Kier molecular flexibility index (Phi) is 9.30. The Morgan fingerprint density at radius 3 is 2.48 bits per heavy atom. The number of rotatable bonds is 10. The summed E-state index contributed by atoms with van der Waals surface area (Å²) in [6.07, 6.45) is 1.20. The molecule has 1 rings (SSSR count). The van der Waals surface area contributed by atoms with E-state index in [0.717, 1.165) is 17.3 Å². The number of hydrogen-bond acceptors (Lipinski definition) is 5. The molecule has 0 aliphatic heterocycles. The molecule has 0 radical (unpaired) electrons. The van der Waals surface area contributed by atoms with Crippen LogP contribution in [0.5, 0.6) is 5.75 Å². The van der Waals surface area contributed by atoms with Crippen molar-refractivity contribution in [2.75, 3.05) is 52.5 Å². The van der Waals surface area contributed by atoms with Crippen LogP contribution in [0.4, 0.5) is 0 Å². The third-order valence-corrected chi connectivity index (χ3v) is 4.26. The second kappa shape index (κ2) is 10.9. The van der Waals surface area contributed by atoms with Crippen molar-refractivity contribution in [1.82, 2.24) is 10.2 Å². The van der Waals surface area contributed by atoms with E-state index >= 15 is 0 Å². The van der Waals surface area contributed by atoms with E-state index in [1.165, 1.54) is 6.26 Å². The lowest BCUT2D eigenvalue weighted by atomic mass is 10.2. The molecule has 0 aliphatic rings. The van der Waals surface area contributed by atoms with Gasteiger partial charge in [-0.05, 0) is 24.6 Å². The van der Waals surface area contributed by atoms with Gasteiger partial charge in [-0.1, -0.05) is 12.1 Å². The summed E-state index contributed by atoms with van der Waals surface area (Å²) in [6.45, 7) is 4.52. The molecular formula is C17H29N3O4S. The first-order valence-corrected chi connectivity index (χ1v) is 10.3. The summed E-state index contributed by atoms with van der Waals surface area (Å²) < 4.78 is 32.8. The molecule has 0 saturated heterocycles. The van der Waals surface area contributed by atoms with Gasteiger partial charge in [-0.2, -0.15) is 0 Å². The first-order valence-electron chi connectivity index (χ1n) is 8.24. The molecule has 0 heterocycles. The fraction of sp³-hybridized carbons (Fsp3) is 0.588. The molecule has 0 unspecified atom stereocenters. The van der Waals surface area contributed by atoms with Gasteiger partial charge in [-0.3, -0.25) is 4.99 Å². The van der Waals surface area contributed by atoms with Crippen molar-refractivity contribution in [3.63, 3.8) is 0 Å². The van der Waals surface area contributed by atoms with E-state index in [1.54, 1.807) is 7.05 Å². The first-order chi connectivity index (χ1) is 11.9. The topological polar surface area (TPSA) is 80.2 Å². The normalized spacial score (nSPS) is 12.1. The molecule has 1 N–H and O–H groups in total. The maximum Gasteiger partial charge on any atom is 0.193 e. The Balaban J connectivity index is 2.35. The second-order valence-electron chi connectivity index (χ2n) is 5.65. The number of ether oxygens (including phenoxy) is 2. The fourth-order valence-corrected chi connectivity index (χ4v) is 2.56. The van der Waals surface area contributed by atoms with Gasteiger partial charge in [0.25, 0.3) is 0 Å². The van der Waals surface area contributed by atoms with Crippen molar-refractivity contribution in [2.45, 2.75) is 13.5 Å². The van der Waals surface area contributed by atoms with Gasteiger partial charge >= 0.3 is 0 Å². The third kappa shape index (κ3) is 9.31. The zero-order chi connectivity index (χ0) is 18.7. The Bertz CT molecular complexity index is 630. The van der Waals surface area contributed by atoms with Crippen LogP contribution in [-0.2, 0) is 21.1 Å². The van der Waals surface area contributed by atoms with Crippen molar-refractivity contribution in [1.29, 1.82) is 0 Å². The van der Waals surface area contributed by atoms with Gasteiger partial charge in [0, 0.05) is 33.4 Å². The van der Waals surface area contributed by atoms with E-state index in [4.69, 9.17) is 9.47 Å². The summed E-state index contributed by atoms with van der Waals surface area (Å²) in [5.41, 5.74) is 1.15. The monoisotopic (exact) mass is 371 g/mol. The van der Waals surface area contributed by atoms with Crippen LogP contribution in [0, 0.1) is 0 Å².